The van der Waals surface area contributed by atoms with Crippen LogP contribution in [0.2, 0.25) is 15.1 Å². The van der Waals surface area contributed by atoms with E-state index in [0.717, 1.165) is 21.3 Å². The first-order valence-electron chi connectivity index (χ1n) is 10.00. The second-order valence-electron chi connectivity index (χ2n) is 7.37. The van der Waals surface area contributed by atoms with Gasteiger partial charge in [-0.25, -0.2) is 4.98 Å². The van der Waals surface area contributed by atoms with Crippen molar-refractivity contribution in [1.29, 1.82) is 0 Å². The Bertz CT molecular complexity index is 1560. The van der Waals surface area contributed by atoms with Crippen LogP contribution in [0.15, 0.2) is 65.1 Å². The first-order chi connectivity index (χ1) is 16.4. The van der Waals surface area contributed by atoms with Gasteiger partial charge >= 0.3 is 0 Å². The Morgan fingerprint density at radius 2 is 1.82 bits per heavy atom. The van der Waals surface area contributed by atoms with Crippen molar-refractivity contribution in [2.75, 3.05) is 5.32 Å². The fraction of sp³-hybridized carbons (Fsp3) is 0.0417. The van der Waals surface area contributed by atoms with Gasteiger partial charge in [0.1, 0.15) is 10.4 Å². The van der Waals surface area contributed by atoms with E-state index in [4.69, 9.17) is 51.4 Å². The summed E-state index contributed by atoms with van der Waals surface area (Å²) in [4.78, 5) is 17.5. The Hall–Kier alpha value is -2.68. The van der Waals surface area contributed by atoms with Gasteiger partial charge in [-0.05, 0) is 48.1 Å². The van der Waals surface area contributed by atoms with E-state index in [0.29, 0.717) is 43.4 Å². The topological polar surface area (TPSA) is 67.2 Å². The van der Waals surface area contributed by atoms with Crippen LogP contribution in [0.5, 0.6) is 0 Å². The van der Waals surface area contributed by atoms with Crippen LogP contribution in [0.4, 0.5) is 5.69 Å². The number of benzene rings is 3. The number of aromatic nitrogens is 1. The minimum atomic E-state index is -0.352. The smallest absolute Gasteiger partial charge is 0.269 e. The van der Waals surface area contributed by atoms with E-state index in [1.165, 1.54) is 11.3 Å². The van der Waals surface area contributed by atoms with E-state index in [1.54, 1.807) is 12.1 Å². The first-order valence-corrected chi connectivity index (χ1v) is 12.4. The largest absolute Gasteiger partial charge is 0.439 e. The Morgan fingerprint density at radius 1 is 1.06 bits per heavy atom. The molecule has 2 heterocycles. The quantitative estimate of drug-likeness (QED) is 0.226. The van der Waals surface area contributed by atoms with Gasteiger partial charge in [-0.1, -0.05) is 65.1 Å². The van der Waals surface area contributed by atoms with Crippen LogP contribution in [-0.2, 0) is 6.42 Å². The van der Waals surface area contributed by atoms with Gasteiger partial charge in [-0.3, -0.25) is 10.1 Å². The summed E-state index contributed by atoms with van der Waals surface area (Å²) < 4.78 is 6.72. The highest BCUT2D eigenvalue weighted by atomic mass is 35.5. The number of oxazole rings is 1. The molecular formula is C24H14Cl3N3O2S2. The van der Waals surface area contributed by atoms with E-state index in [1.807, 2.05) is 48.5 Å². The van der Waals surface area contributed by atoms with Gasteiger partial charge in [-0.15, -0.1) is 11.3 Å². The summed E-state index contributed by atoms with van der Waals surface area (Å²) in [5.74, 6) is 0.179. The fourth-order valence-electron chi connectivity index (χ4n) is 3.44. The lowest BCUT2D eigenvalue weighted by Crippen LogP contribution is -2.33. The maximum Gasteiger partial charge on any atom is 0.269 e. The molecule has 3 aromatic carbocycles. The normalized spacial score (nSPS) is 11.1. The summed E-state index contributed by atoms with van der Waals surface area (Å²) >= 11 is 25.2. The van der Waals surface area contributed by atoms with E-state index in [-0.39, 0.29) is 11.0 Å². The number of nitrogens with one attached hydrogen (secondary N) is 2. The highest BCUT2D eigenvalue weighted by Gasteiger charge is 2.18. The van der Waals surface area contributed by atoms with Crippen molar-refractivity contribution >= 4 is 96.3 Å². The number of nitrogens with zero attached hydrogens (tertiary/aromatic N) is 1. The number of anilines is 1. The molecule has 170 valence electrons. The molecule has 0 fully saturated rings. The van der Waals surface area contributed by atoms with Crippen molar-refractivity contribution in [3.05, 3.63) is 92.1 Å². The average molecular weight is 547 g/mol. The van der Waals surface area contributed by atoms with Gasteiger partial charge in [0, 0.05) is 27.2 Å². The molecule has 2 N–H and O–H groups in total. The number of halogens is 3. The van der Waals surface area contributed by atoms with Gasteiger partial charge in [0.25, 0.3) is 5.91 Å². The van der Waals surface area contributed by atoms with Crippen LogP contribution in [0.1, 0.15) is 21.1 Å². The maximum absolute atomic E-state index is 12.7. The summed E-state index contributed by atoms with van der Waals surface area (Å²) in [5.41, 5.74) is 2.83. The molecule has 0 aliphatic carbocycles. The molecule has 5 rings (SSSR count). The van der Waals surface area contributed by atoms with Gasteiger partial charge < -0.3 is 9.73 Å². The average Bonchev–Trinajstić information content (AvgIpc) is 3.36. The van der Waals surface area contributed by atoms with Gasteiger partial charge in [0.05, 0.1) is 10.0 Å². The van der Waals surface area contributed by atoms with Crippen molar-refractivity contribution in [3.8, 4) is 0 Å². The number of thiocarbonyl (C=S) groups is 1. The van der Waals surface area contributed by atoms with Crippen LogP contribution >= 0.6 is 58.4 Å². The standard InChI is InChI=1S/C24H14Cl3N3O2S2/c25-13-10-16(26)21-17(11-13)29-19(32-21)9-12-5-7-14(8-6-12)28-24(33)30-23(31)22-20(27)15-3-1-2-4-18(15)34-22/h1-8,10-11H,9H2,(H2,28,30,31,33). The van der Waals surface area contributed by atoms with Crippen LogP contribution in [0.3, 0.4) is 0 Å². The number of hydrogen-bond acceptors (Lipinski definition) is 5. The molecule has 0 saturated carbocycles. The van der Waals surface area contributed by atoms with Crippen molar-refractivity contribution in [1.82, 2.24) is 10.3 Å². The van der Waals surface area contributed by atoms with Gasteiger partial charge in [-0.2, -0.15) is 0 Å². The molecule has 0 bridgehead atoms. The van der Waals surface area contributed by atoms with Crippen LogP contribution in [-0.4, -0.2) is 16.0 Å². The van der Waals surface area contributed by atoms with Crippen LogP contribution in [0.25, 0.3) is 21.2 Å². The molecule has 0 aliphatic heterocycles. The second-order valence-corrected chi connectivity index (χ2v) is 10.0. The van der Waals surface area contributed by atoms with Crippen molar-refractivity contribution in [3.63, 3.8) is 0 Å². The van der Waals surface area contributed by atoms with E-state index in [2.05, 4.69) is 15.6 Å². The number of amides is 1. The van der Waals surface area contributed by atoms with Crippen molar-refractivity contribution in [2.45, 2.75) is 6.42 Å². The molecule has 0 unspecified atom stereocenters. The molecule has 5 nitrogen and oxygen atoms in total. The predicted molar refractivity (Wildman–Crippen MR) is 144 cm³/mol. The zero-order valence-electron chi connectivity index (χ0n) is 17.2. The maximum atomic E-state index is 12.7. The SMILES string of the molecule is O=C(NC(=S)Nc1ccc(Cc2nc3cc(Cl)cc(Cl)c3o2)cc1)c1sc2ccccc2c1Cl. The molecule has 0 aliphatic rings. The minimum absolute atomic E-state index is 0.178. The molecule has 0 saturated heterocycles. The zero-order valence-corrected chi connectivity index (χ0v) is 21.1. The Balaban J connectivity index is 1.23. The lowest BCUT2D eigenvalue weighted by atomic mass is 10.1. The Kier molecular flexibility index (Phi) is 6.46. The molecule has 5 aromatic rings. The summed E-state index contributed by atoms with van der Waals surface area (Å²) in [7, 11) is 0. The van der Waals surface area contributed by atoms with E-state index in [9.17, 15) is 4.79 Å². The molecule has 1 amide bonds. The summed E-state index contributed by atoms with van der Waals surface area (Å²) in [6, 6.07) is 18.5. The molecule has 0 radical (unpaired) electrons. The molecule has 2 aromatic heterocycles. The summed E-state index contributed by atoms with van der Waals surface area (Å²) in [6.07, 6.45) is 0.481. The monoisotopic (exact) mass is 545 g/mol. The molecular weight excluding hydrogens is 533 g/mol. The third-order valence-corrected chi connectivity index (χ3v) is 7.37. The fourth-order valence-corrected chi connectivity index (χ4v) is 5.59. The first kappa shape index (κ1) is 23.1. The number of hydrogen-bond donors (Lipinski definition) is 2. The minimum Gasteiger partial charge on any atom is -0.439 e. The number of thiophene rings is 1. The van der Waals surface area contributed by atoms with Gasteiger partial charge in [0.2, 0.25) is 0 Å². The lowest BCUT2D eigenvalue weighted by molar-refractivity contribution is 0.0982. The molecule has 0 spiro atoms. The number of fused-ring (bicyclic) bond motifs is 2. The second kappa shape index (κ2) is 9.52. The zero-order chi connectivity index (χ0) is 23.8. The number of carbonyl (C=O) groups is 1. The van der Waals surface area contributed by atoms with Crippen LogP contribution < -0.4 is 10.6 Å². The predicted octanol–water partition coefficient (Wildman–Crippen LogP) is 7.72. The summed E-state index contributed by atoms with van der Waals surface area (Å²) in [5, 5.41) is 8.07. The highest BCUT2D eigenvalue weighted by molar-refractivity contribution is 7.80. The highest BCUT2D eigenvalue weighted by Crippen LogP contribution is 2.35. The molecule has 34 heavy (non-hydrogen) atoms. The number of rotatable bonds is 4. The molecule has 10 heteroatoms. The third-order valence-electron chi connectivity index (χ3n) is 4.99. The van der Waals surface area contributed by atoms with E-state index < -0.39 is 0 Å². The van der Waals surface area contributed by atoms with Crippen molar-refractivity contribution in [2.24, 2.45) is 0 Å². The molecule has 0 atom stereocenters. The van der Waals surface area contributed by atoms with Gasteiger partial charge in [0.15, 0.2) is 16.6 Å². The summed E-state index contributed by atoms with van der Waals surface area (Å²) in [6.45, 7) is 0. The Morgan fingerprint density at radius 3 is 2.59 bits per heavy atom. The Labute approximate surface area is 218 Å². The lowest BCUT2D eigenvalue weighted by Gasteiger charge is -2.09. The van der Waals surface area contributed by atoms with E-state index >= 15 is 0 Å². The number of carbonyl (C=O) groups excluding carboxylic acids is 1. The van der Waals surface area contributed by atoms with Crippen molar-refractivity contribution < 1.29 is 9.21 Å². The van der Waals surface area contributed by atoms with Crippen LogP contribution in [0, 0.1) is 0 Å². The third kappa shape index (κ3) is 4.76.